The van der Waals surface area contributed by atoms with Crippen molar-refractivity contribution in [2.24, 2.45) is 0 Å². The molecular formula is C20H23N5. The van der Waals surface area contributed by atoms with Gasteiger partial charge in [0.1, 0.15) is 0 Å². The van der Waals surface area contributed by atoms with Crippen molar-refractivity contribution in [1.82, 2.24) is 15.2 Å². The molecule has 0 radical (unpaired) electrons. The maximum Gasteiger partial charge on any atom is 0.249 e. The molecular weight excluding hydrogens is 310 g/mol. The molecule has 0 amide bonds. The minimum absolute atomic E-state index is 0.422. The summed E-state index contributed by atoms with van der Waals surface area (Å²) in [5.41, 5.74) is 5.66. The minimum Gasteiger partial charge on any atom is -0.339 e. The average molecular weight is 333 g/mol. The molecule has 0 aliphatic heterocycles. The molecule has 0 saturated carbocycles. The van der Waals surface area contributed by atoms with Crippen LogP contribution in [-0.4, -0.2) is 15.2 Å². The molecule has 1 heterocycles. The van der Waals surface area contributed by atoms with Crippen LogP contribution in [0.5, 0.6) is 0 Å². The molecule has 0 saturated heterocycles. The Morgan fingerprint density at radius 2 is 1.64 bits per heavy atom. The zero-order valence-electron chi connectivity index (χ0n) is 15.0. The summed E-state index contributed by atoms with van der Waals surface area (Å²) in [7, 11) is 0. The smallest absolute Gasteiger partial charge is 0.249 e. The highest BCUT2D eigenvalue weighted by molar-refractivity contribution is 5.63. The molecule has 0 bridgehead atoms. The predicted molar refractivity (Wildman–Crippen MR) is 103 cm³/mol. The Hall–Kier alpha value is -2.95. The highest BCUT2D eigenvalue weighted by Crippen LogP contribution is 2.26. The molecule has 5 heteroatoms. The van der Waals surface area contributed by atoms with Crippen LogP contribution in [-0.2, 0) is 0 Å². The number of nitrogens with zero attached hydrogens (tertiary/aromatic N) is 3. The summed E-state index contributed by atoms with van der Waals surface area (Å²) < 4.78 is 0. The Balaban J connectivity index is 1.84. The number of nitrogens with one attached hydrogen (secondary N) is 2. The monoisotopic (exact) mass is 333 g/mol. The first-order valence-corrected chi connectivity index (χ1v) is 8.43. The van der Waals surface area contributed by atoms with Crippen LogP contribution in [0.25, 0.3) is 0 Å². The van der Waals surface area contributed by atoms with Crippen molar-refractivity contribution in [2.45, 2.75) is 33.6 Å². The van der Waals surface area contributed by atoms with Crippen molar-refractivity contribution < 1.29 is 0 Å². The molecule has 0 fully saturated rings. The molecule has 1 aromatic heterocycles. The Bertz CT molecular complexity index is 873. The van der Waals surface area contributed by atoms with Gasteiger partial charge in [-0.25, -0.2) is 0 Å². The van der Waals surface area contributed by atoms with Crippen LogP contribution < -0.4 is 10.6 Å². The first-order valence-electron chi connectivity index (χ1n) is 8.43. The van der Waals surface area contributed by atoms with Crippen LogP contribution >= 0.6 is 0 Å². The number of hydrogen-bond acceptors (Lipinski definition) is 5. The fraction of sp³-hybridized carbons (Fsp3) is 0.250. The highest BCUT2D eigenvalue weighted by atomic mass is 15.3. The van der Waals surface area contributed by atoms with E-state index in [1.165, 1.54) is 16.7 Å². The van der Waals surface area contributed by atoms with E-state index in [4.69, 9.17) is 0 Å². The van der Waals surface area contributed by atoms with Gasteiger partial charge in [-0.1, -0.05) is 44.2 Å². The molecule has 5 nitrogen and oxygen atoms in total. The third-order valence-electron chi connectivity index (χ3n) is 4.26. The molecule has 0 aliphatic rings. The van der Waals surface area contributed by atoms with Gasteiger partial charge < -0.3 is 10.6 Å². The van der Waals surface area contributed by atoms with Crippen molar-refractivity contribution in [3.8, 4) is 0 Å². The van der Waals surface area contributed by atoms with Gasteiger partial charge in [0.05, 0.1) is 6.20 Å². The second-order valence-electron chi connectivity index (χ2n) is 6.40. The van der Waals surface area contributed by atoms with Gasteiger partial charge >= 0.3 is 0 Å². The van der Waals surface area contributed by atoms with Gasteiger partial charge in [0.25, 0.3) is 0 Å². The maximum absolute atomic E-state index is 4.54. The Labute approximate surface area is 148 Å². The quantitative estimate of drug-likeness (QED) is 0.680. The van der Waals surface area contributed by atoms with Crippen LogP contribution in [0.3, 0.4) is 0 Å². The van der Waals surface area contributed by atoms with E-state index >= 15 is 0 Å². The summed E-state index contributed by atoms with van der Waals surface area (Å²) in [5.74, 6) is 1.56. The van der Waals surface area contributed by atoms with Gasteiger partial charge in [-0.2, -0.15) is 10.1 Å². The van der Waals surface area contributed by atoms with E-state index < -0.39 is 0 Å². The Morgan fingerprint density at radius 3 is 2.44 bits per heavy atom. The number of aromatic nitrogens is 3. The second-order valence-corrected chi connectivity index (χ2v) is 6.40. The molecule has 0 unspecified atom stereocenters. The van der Waals surface area contributed by atoms with Crippen molar-refractivity contribution in [3.05, 3.63) is 65.4 Å². The summed E-state index contributed by atoms with van der Waals surface area (Å²) in [4.78, 5) is 4.54. The van der Waals surface area contributed by atoms with E-state index in [1.807, 2.05) is 24.3 Å². The van der Waals surface area contributed by atoms with E-state index in [0.717, 1.165) is 11.4 Å². The molecule has 2 aromatic carbocycles. The summed E-state index contributed by atoms with van der Waals surface area (Å²) in [5, 5.41) is 14.8. The maximum atomic E-state index is 4.54. The first-order chi connectivity index (χ1) is 12.0. The van der Waals surface area contributed by atoms with Crippen LogP contribution in [0.4, 0.5) is 23.1 Å². The van der Waals surface area contributed by atoms with Crippen LogP contribution in [0.2, 0.25) is 0 Å². The lowest BCUT2D eigenvalue weighted by atomic mass is 10.0. The minimum atomic E-state index is 0.422. The lowest BCUT2D eigenvalue weighted by Gasteiger charge is -2.14. The second kappa shape index (κ2) is 7.30. The van der Waals surface area contributed by atoms with Crippen molar-refractivity contribution >= 4 is 23.1 Å². The number of anilines is 4. The molecule has 3 aromatic rings. The van der Waals surface area contributed by atoms with Gasteiger partial charge in [-0.3, -0.25) is 0 Å². The number of benzene rings is 2. The molecule has 128 valence electrons. The van der Waals surface area contributed by atoms with Crippen molar-refractivity contribution in [2.75, 3.05) is 10.6 Å². The lowest BCUT2D eigenvalue weighted by molar-refractivity contribution is 0.868. The van der Waals surface area contributed by atoms with E-state index in [0.29, 0.717) is 17.7 Å². The number of para-hydroxylation sites is 1. The van der Waals surface area contributed by atoms with Gasteiger partial charge in [0.2, 0.25) is 5.95 Å². The van der Waals surface area contributed by atoms with Gasteiger partial charge in [-0.05, 0) is 48.6 Å². The lowest BCUT2D eigenvalue weighted by Crippen LogP contribution is -2.05. The third-order valence-corrected chi connectivity index (χ3v) is 4.26. The van der Waals surface area contributed by atoms with Gasteiger partial charge in [0, 0.05) is 11.4 Å². The summed E-state index contributed by atoms with van der Waals surface area (Å²) >= 11 is 0. The van der Waals surface area contributed by atoms with Gasteiger partial charge in [-0.15, -0.1) is 5.10 Å². The largest absolute Gasteiger partial charge is 0.339 e. The Kier molecular flexibility index (Phi) is 4.93. The zero-order chi connectivity index (χ0) is 17.8. The molecule has 0 spiro atoms. The van der Waals surface area contributed by atoms with Crippen LogP contribution in [0, 0.1) is 13.8 Å². The number of aryl methyl sites for hydroxylation is 1. The third kappa shape index (κ3) is 3.94. The molecule has 2 N–H and O–H groups in total. The van der Waals surface area contributed by atoms with Crippen molar-refractivity contribution in [1.29, 1.82) is 0 Å². The average Bonchev–Trinajstić information content (AvgIpc) is 2.60. The Morgan fingerprint density at radius 1 is 0.880 bits per heavy atom. The van der Waals surface area contributed by atoms with Crippen molar-refractivity contribution in [3.63, 3.8) is 0 Å². The summed E-state index contributed by atoms with van der Waals surface area (Å²) in [6.45, 7) is 8.50. The fourth-order valence-electron chi connectivity index (χ4n) is 2.68. The normalized spacial score (nSPS) is 10.8. The molecule has 0 aliphatic carbocycles. The summed E-state index contributed by atoms with van der Waals surface area (Å²) in [6, 6.07) is 14.3. The standard InChI is InChI=1S/C20H23N5/c1-13(2)16-9-5-6-10-18(16)22-19-12-21-25-20(24-19)23-17-11-7-8-14(3)15(17)4/h5-13H,1-4H3,(H2,22,23,24,25). The highest BCUT2D eigenvalue weighted by Gasteiger charge is 2.08. The van der Waals surface area contributed by atoms with Gasteiger partial charge in [0.15, 0.2) is 5.82 Å². The molecule has 3 rings (SSSR count). The molecule has 0 atom stereocenters. The van der Waals surface area contributed by atoms with E-state index in [2.05, 4.69) is 71.7 Å². The predicted octanol–water partition coefficient (Wildman–Crippen LogP) is 5.10. The zero-order valence-corrected chi connectivity index (χ0v) is 15.0. The topological polar surface area (TPSA) is 62.7 Å². The number of rotatable bonds is 5. The van der Waals surface area contributed by atoms with Crippen LogP contribution in [0.1, 0.15) is 36.5 Å². The fourth-order valence-corrected chi connectivity index (χ4v) is 2.68. The van der Waals surface area contributed by atoms with Crippen LogP contribution in [0.15, 0.2) is 48.7 Å². The SMILES string of the molecule is Cc1cccc(Nc2nncc(Nc3ccccc3C(C)C)n2)c1C. The van der Waals surface area contributed by atoms with E-state index in [-0.39, 0.29) is 0 Å². The summed E-state index contributed by atoms with van der Waals surface area (Å²) in [6.07, 6.45) is 1.63. The van der Waals surface area contributed by atoms with E-state index in [9.17, 15) is 0 Å². The van der Waals surface area contributed by atoms with E-state index in [1.54, 1.807) is 6.20 Å². The molecule has 25 heavy (non-hydrogen) atoms. The first kappa shape index (κ1) is 16.9. The number of hydrogen-bond donors (Lipinski definition) is 2.